The molecular formula is C10H11ClN2O4. The maximum Gasteiger partial charge on any atom is 0.282 e. The van der Waals surface area contributed by atoms with E-state index in [2.05, 4.69) is 5.32 Å². The number of nitrogens with one attached hydrogen (secondary N) is 1. The largest absolute Gasteiger partial charge is 0.392 e. The van der Waals surface area contributed by atoms with E-state index in [1.807, 2.05) is 0 Å². The van der Waals surface area contributed by atoms with Crippen molar-refractivity contribution in [3.63, 3.8) is 0 Å². The Hall–Kier alpha value is -1.66. The van der Waals surface area contributed by atoms with Crippen LogP contribution in [0.15, 0.2) is 18.2 Å². The summed E-state index contributed by atoms with van der Waals surface area (Å²) in [6, 6.07) is 3.72. The standard InChI is InChI=1S/C10H11ClN2O4/c1-6(14)5-12-10(15)8-4-7(11)2-3-9(8)13(16)17/h2-4,6,14H,5H2,1H3,(H,12,15)/t6-/m1/s1. The van der Waals surface area contributed by atoms with Gasteiger partial charge in [0.25, 0.3) is 11.6 Å². The number of rotatable bonds is 4. The molecule has 6 nitrogen and oxygen atoms in total. The second-order valence-electron chi connectivity index (χ2n) is 3.48. The van der Waals surface area contributed by atoms with Gasteiger partial charge in [0.1, 0.15) is 5.56 Å². The lowest BCUT2D eigenvalue weighted by molar-refractivity contribution is -0.385. The van der Waals surface area contributed by atoms with Gasteiger partial charge in [-0.2, -0.15) is 0 Å². The zero-order valence-electron chi connectivity index (χ0n) is 9.01. The molecule has 0 aliphatic carbocycles. The lowest BCUT2D eigenvalue weighted by Crippen LogP contribution is -2.30. The van der Waals surface area contributed by atoms with Crippen molar-refractivity contribution < 1.29 is 14.8 Å². The average Bonchev–Trinajstić information content (AvgIpc) is 2.25. The van der Waals surface area contributed by atoms with Crippen LogP contribution in [0.3, 0.4) is 0 Å². The van der Waals surface area contributed by atoms with Gasteiger partial charge in [-0.05, 0) is 19.1 Å². The molecule has 0 aliphatic heterocycles. The number of hydrogen-bond donors (Lipinski definition) is 2. The molecule has 1 aromatic carbocycles. The quantitative estimate of drug-likeness (QED) is 0.630. The highest BCUT2D eigenvalue weighted by molar-refractivity contribution is 6.31. The number of halogens is 1. The van der Waals surface area contributed by atoms with Gasteiger partial charge >= 0.3 is 0 Å². The van der Waals surface area contributed by atoms with Gasteiger partial charge in [0.15, 0.2) is 0 Å². The Kier molecular flexibility index (Phi) is 4.42. The summed E-state index contributed by atoms with van der Waals surface area (Å²) < 4.78 is 0. The summed E-state index contributed by atoms with van der Waals surface area (Å²) in [4.78, 5) is 21.7. The van der Waals surface area contributed by atoms with Crippen LogP contribution < -0.4 is 5.32 Å². The van der Waals surface area contributed by atoms with E-state index in [4.69, 9.17) is 16.7 Å². The fourth-order valence-corrected chi connectivity index (χ4v) is 1.36. The molecule has 1 rings (SSSR count). The highest BCUT2D eigenvalue weighted by Gasteiger charge is 2.20. The third-order valence-electron chi connectivity index (χ3n) is 1.96. The van der Waals surface area contributed by atoms with Crippen molar-refractivity contribution in [2.45, 2.75) is 13.0 Å². The van der Waals surface area contributed by atoms with E-state index in [0.29, 0.717) is 0 Å². The smallest absolute Gasteiger partial charge is 0.282 e. The van der Waals surface area contributed by atoms with E-state index in [1.54, 1.807) is 0 Å². The fraction of sp³-hybridized carbons (Fsp3) is 0.300. The first kappa shape index (κ1) is 13.4. The molecule has 92 valence electrons. The molecule has 0 aliphatic rings. The normalized spacial score (nSPS) is 11.9. The Morgan fingerprint density at radius 3 is 2.82 bits per heavy atom. The second-order valence-corrected chi connectivity index (χ2v) is 3.91. The molecule has 0 aromatic heterocycles. The monoisotopic (exact) mass is 258 g/mol. The number of carbonyl (C=O) groups excluding carboxylic acids is 1. The van der Waals surface area contributed by atoms with Crippen LogP contribution in [0.25, 0.3) is 0 Å². The first-order chi connectivity index (χ1) is 7.91. The number of nitro groups is 1. The van der Waals surface area contributed by atoms with Gasteiger partial charge < -0.3 is 10.4 Å². The molecule has 17 heavy (non-hydrogen) atoms. The number of carbonyl (C=O) groups is 1. The molecule has 0 saturated heterocycles. The van der Waals surface area contributed by atoms with Crippen LogP contribution in [0.1, 0.15) is 17.3 Å². The van der Waals surface area contributed by atoms with Crippen molar-refractivity contribution in [2.24, 2.45) is 0 Å². The van der Waals surface area contributed by atoms with Crippen LogP contribution in [-0.2, 0) is 0 Å². The minimum Gasteiger partial charge on any atom is -0.392 e. The van der Waals surface area contributed by atoms with Crippen molar-refractivity contribution in [2.75, 3.05) is 6.54 Å². The van der Waals surface area contributed by atoms with E-state index in [1.165, 1.54) is 25.1 Å². The Labute approximate surface area is 102 Å². The average molecular weight is 259 g/mol. The number of nitro benzene ring substituents is 1. The van der Waals surface area contributed by atoms with E-state index in [0.717, 1.165) is 0 Å². The molecule has 7 heteroatoms. The van der Waals surface area contributed by atoms with Crippen molar-refractivity contribution in [3.8, 4) is 0 Å². The third kappa shape index (κ3) is 3.69. The van der Waals surface area contributed by atoms with Gasteiger partial charge in [0, 0.05) is 17.6 Å². The number of nitrogens with zero attached hydrogens (tertiary/aromatic N) is 1. The van der Waals surface area contributed by atoms with E-state index >= 15 is 0 Å². The lowest BCUT2D eigenvalue weighted by atomic mass is 10.1. The van der Waals surface area contributed by atoms with Crippen molar-refractivity contribution in [1.82, 2.24) is 5.32 Å². The van der Waals surface area contributed by atoms with Crippen LogP contribution in [0.4, 0.5) is 5.69 Å². The summed E-state index contributed by atoms with van der Waals surface area (Å²) in [6.07, 6.45) is -0.725. The fourth-order valence-electron chi connectivity index (χ4n) is 1.18. The summed E-state index contributed by atoms with van der Waals surface area (Å²) in [5.74, 6) is -0.639. The van der Waals surface area contributed by atoms with Crippen LogP contribution in [-0.4, -0.2) is 28.6 Å². The topological polar surface area (TPSA) is 92.5 Å². The summed E-state index contributed by atoms with van der Waals surface area (Å²) >= 11 is 5.68. The molecular weight excluding hydrogens is 248 g/mol. The maximum atomic E-state index is 11.6. The van der Waals surface area contributed by atoms with E-state index in [-0.39, 0.29) is 22.8 Å². The lowest BCUT2D eigenvalue weighted by Gasteiger charge is -2.07. The Morgan fingerprint density at radius 2 is 2.29 bits per heavy atom. The van der Waals surface area contributed by atoms with Crippen molar-refractivity contribution in [1.29, 1.82) is 0 Å². The van der Waals surface area contributed by atoms with Crippen molar-refractivity contribution >= 4 is 23.2 Å². The summed E-state index contributed by atoms with van der Waals surface area (Å²) in [5.41, 5.74) is -0.444. The minimum atomic E-state index is -0.725. The zero-order valence-corrected chi connectivity index (χ0v) is 9.77. The van der Waals surface area contributed by atoms with Crippen LogP contribution in [0, 0.1) is 10.1 Å². The zero-order chi connectivity index (χ0) is 13.0. The molecule has 0 saturated carbocycles. The van der Waals surface area contributed by atoms with Gasteiger partial charge in [0.2, 0.25) is 0 Å². The predicted molar refractivity (Wildman–Crippen MR) is 62.1 cm³/mol. The van der Waals surface area contributed by atoms with Crippen LogP contribution in [0.2, 0.25) is 5.02 Å². The Bertz CT molecular complexity index is 448. The van der Waals surface area contributed by atoms with Crippen molar-refractivity contribution in [3.05, 3.63) is 38.9 Å². The number of aliphatic hydroxyl groups excluding tert-OH is 1. The van der Waals surface area contributed by atoms with Crippen LogP contribution >= 0.6 is 11.6 Å². The molecule has 0 unspecified atom stereocenters. The SMILES string of the molecule is C[C@@H](O)CNC(=O)c1cc(Cl)ccc1[N+](=O)[O-]. The molecule has 0 spiro atoms. The number of hydrogen-bond acceptors (Lipinski definition) is 4. The minimum absolute atomic E-state index is 0.0164. The number of benzene rings is 1. The molecule has 0 heterocycles. The van der Waals surface area contributed by atoms with Gasteiger partial charge in [-0.3, -0.25) is 14.9 Å². The van der Waals surface area contributed by atoms with Gasteiger partial charge in [-0.1, -0.05) is 11.6 Å². The number of amides is 1. The second kappa shape index (κ2) is 5.60. The first-order valence-electron chi connectivity index (χ1n) is 4.82. The van der Waals surface area contributed by atoms with E-state index in [9.17, 15) is 14.9 Å². The molecule has 1 amide bonds. The molecule has 0 radical (unpaired) electrons. The molecule has 1 atom stereocenters. The van der Waals surface area contributed by atoms with E-state index < -0.39 is 16.9 Å². The third-order valence-corrected chi connectivity index (χ3v) is 2.19. The van der Waals surface area contributed by atoms with Crippen LogP contribution in [0.5, 0.6) is 0 Å². The Morgan fingerprint density at radius 1 is 1.65 bits per heavy atom. The predicted octanol–water partition coefficient (Wildman–Crippen LogP) is 1.36. The van der Waals surface area contributed by atoms with Gasteiger partial charge in [-0.15, -0.1) is 0 Å². The highest BCUT2D eigenvalue weighted by Crippen LogP contribution is 2.22. The molecule has 0 fully saturated rings. The molecule has 2 N–H and O–H groups in total. The van der Waals surface area contributed by atoms with Gasteiger partial charge in [-0.25, -0.2) is 0 Å². The number of aliphatic hydroxyl groups is 1. The highest BCUT2D eigenvalue weighted by atomic mass is 35.5. The summed E-state index contributed by atoms with van der Waals surface area (Å²) in [6.45, 7) is 1.51. The summed E-state index contributed by atoms with van der Waals surface area (Å²) in [7, 11) is 0. The molecule has 0 bridgehead atoms. The summed E-state index contributed by atoms with van der Waals surface area (Å²) in [5, 5.41) is 22.3. The first-order valence-corrected chi connectivity index (χ1v) is 5.20. The Balaban J connectivity index is 2.98. The maximum absolute atomic E-state index is 11.6. The molecule has 1 aromatic rings. The van der Waals surface area contributed by atoms with Gasteiger partial charge in [0.05, 0.1) is 11.0 Å².